The van der Waals surface area contributed by atoms with E-state index in [4.69, 9.17) is 12.6 Å². The standard InChI is InChI=1S/C8H9N4S/c1-11-5-3-4-6(11)7-9-10-8(13)12(7)2/h3-5H,1-2H3. The Hall–Kier alpha value is -1.36. The van der Waals surface area contributed by atoms with Gasteiger partial charge in [0.15, 0.2) is 5.82 Å². The maximum absolute atomic E-state index is 4.97. The van der Waals surface area contributed by atoms with Crippen molar-refractivity contribution in [1.29, 1.82) is 0 Å². The highest BCUT2D eigenvalue weighted by Gasteiger charge is 2.10. The molecule has 0 fully saturated rings. The van der Waals surface area contributed by atoms with Crippen LogP contribution in [-0.2, 0) is 14.1 Å². The van der Waals surface area contributed by atoms with Crippen LogP contribution in [-0.4, -0.2) is 19.3 Å². The molecule has 0 spiro atoms. The molecule has 0 N–H and O–H groups in total. The maximum atomic E-state index is 4.97. The summed E-state index contributed by atoms with van der Waals surface area (Å²) in [5, 5.41) is 8.34. The fraction of sp³-hybridized carbons (Fsp3) is 0.250. The van der Waals surface area contributed by atoms with Crippen molar-refractivity contribution in [2.75, 3.05) is 0 Å². The topological polar surface area (TPSA) is 35.6 Å². The van der Waals surface area contributed by atoms with Gasteiger partial charge in [-0.3, -0.25) is 0 Å². The third-order valence-corrected chi connectivity index (χ3v) is 2.36. The van der Waals surface area contributed by atoms with E-state index in [1.165, 1.54) is 0 Å². The summed E-state index contributed by atoms with van der Waals surface area (Å²) in [6.07, 6.45) is 1.97. The number of hydrogen-bond donors (Lipinski definition) is 0. The molecule has 0 aromatic carbocycles. The van der Waals surface area contributed by atoms with Gasteiger partial charge >= 0.3 is 0 Å². The van der Waals surface area contributed by atoms with Crippen LogP contribution in [0.3, 0.4) is 0 Å². The Morgan fingerprint density at radius 2 is 2.08 bits per heavy atom. The maximum Gasteiger partial charge on any atom is 0.222 e. The van der Waals surface area contributed by atoms with Crippen molar-refractivity contribution in [3.8, 4) is 11.5 Å². The van der Waals surface area contributed by atoms with Gasteiger partial charge in [0, 0.05) is 20.3 Å². The van der Waals surface area contributed by atoms with E-state index in [1.807, 2.05) is 37.0 Å². The molecule has 0 aliphatic heterocycles. The molecule has 2 heterocycles. The van der Waals surface area contributed by atoms with E-state index in [0.717, 1.165) is 11.5 Å². The Morgan fingerprint density at radius 3 is 2.54 bits per heavy atom. The molecular weight excluding hydrogens is 184 g/mol. The minimum absolute atomic E-state index is 0.510. The van der Waals surface area contributed by atoms with Crippen molar-refractivity contribution in [1.82, 2.24) is 19.3 Å². The van der Waals surface area contributed by atoms with Crippen molar-refractivity contribution in [2.24, 2.45) is 14.1 Å². The van der Waals surface area contributed by atoms with Crippen LogP contribution >= 0.6 is 12.6 Å². The Labute approximate surface area is 81.6 Å². The molecule has 2 aromatic rings. The first-order chi connectivity index (χ1) is 6.20. The summed E-state index contributed by atoms with van der Waals surface area (Å²) < 4.78 is 3.78. The first kappa shape index (κ1) is 8.25. The minimum Gasteiger partial charge on any atom is -0.348 e. The molecule has 13 heavy (non-hydrogen) atoms. The van der Waals surface area contributed by atoms with Crippen molar-refractivity contribution >= 4 is 12.6 Å². The Kier molecular flexibility index (Phi) is 1.81. The summed E-state index contributed by atoms with van der Waals surface area (Å²) >= 11 is 4.97. The van der Waals surface area contributed by atoms with Gasteiger partial charge in [0.25, 0.3) is 0 Å². The van der Waals surface area contributed by atoms with Crippen LogP contribution < -0.4 is 0 Å². The number of hydrogen-bond acceptors (Lipinski definition) is 2. The monoisotopic (exact) mass is 193 g/mol. The molecule has 0 bridgehead atoms. The van der Waals surface area contributed by atoms with Crippen LogP contribution in [0.2, 0.25) is 0 Å². The molecule has 1 radical (unpaired) electrons. The van der Waals surface area contributed by atoms with E-state index in [9.17, 15) is 0 Å². The lowest BCUT2D eigenvalue weighted by Gasteiger charge is -2.01. The molecule has 0 atom stereocenters. The highest BCUT2D eigenvalue weighted by Crippen LogP contribution is 2.17. The number of nitrogens with zero attached hydrogens (tertiary/aromatic N) is 4. The van der Waals surface area contributed by atoms with E-state index in [-0.39, 0.29) is 0 Å². The van der Waals surface area contributed by atoms with Gasteiger partial charge < -0.3 is 9.13 Å². The predicted octanol–water partition coefficient (Wildman–Crippen LogP) is 1.38. The molecule has 67 valence electrons. The van der Waals surface area contributed by atoms with Crippen molar-refractivity contribution in [2.45, 2.75) is 5.16 Å². The Morgan fingerprint density at radius 1 is 1.31 bits per heavy atom. The van der Waals surface area contributed by atoms with Crippen molar-refractivity contribution in [3.05, 3.63) is 18.3 Å². The number of aromatic nitrogens is 4. The second-order valence-corrected chi connectivity index (χ2v) is 3.23. The predicted molar refractivity (Wildman–Crippen MR) is 51.3 cm³/mol. The van der Waals surface area contributed by atoms with Gasteiger partial charge in [-0.1, -0.05) is 0 Å². The van der Waals surface area contributed by atoms with Gasteiger partial charge in [0.05, 0.1) is 5.69 Å². The van der Waals surface area contributed by atoms with E-state index in [1.54, 1.807) is 4.57 Å². The van der Waals surface area contributed by atoms with Crippen LogP contribution in [0.5, 0.6) is 0 Å². The average molecular weight is 193 g/mol. The van der Waals surface area contributed by atoms with Gasteiger partial charge in [-0.2, -0.15) is 0 Å². The van der Waals surface area contributed by atoms with E-state index >= 15 is 0 Å². The number of aryl methyl sites for hydroxylation is 1. The van der Waals surface area contributed by atoms with Gasteiger partial charge in [-0.25, -0.2) is 0 Å². The Bertz CT molecular complexity index is 429. The molecule has 0 aliphatic rings. The molecule has 0 saturated heterocycles. The molecule has 2 aromatic heterocycles. The highest BCUT2D eigenvalue weighted by molar-refractivity contribution is 7.80. The summed E-state index contributed by atoms with van der Waals surface area (Å²) in [4.78, 5) is 0. The summed E-state index contributed by atoms with van der Waals surface area (Å²) in [6.45, 7) is 0. The van der Waals surface area contributed by atoms with Gasteiger partial charge in [-0.05, 0) is 24.8 Å². The number of rotatable bonds is 1. The third kappa shape index (κ3) is 1.21. The van der Waals surface area contributed by atoms with Crippen LogP contribution in [0.1, 0.15) is 0 Å². The first-order valence-electron chi connectivity index (χ1n) is 3.88. The van der Waals surface area contributed by atoms with Gasteiger partial charge in [0.1, 0.15) is 0 Å². The molecule has 4 nitrogen and oxygen atoms in total. The average Bonchev–Trinajstić information content (AvgIpc) is 2.62. The summed E-state index contributed by atoms with van der Waals surface area (Å²) in [7, 11) is 3.83. The molecule has 0 unspecified atom stereocenters. The highest BCUT2D eigenvalue weighted by atomic mass is 32.1. The van der Waals surface area contributed by atoms with E-state index < -0.39 is 0 Å². The lowest BCUT2D eigenvalue weighted by Crippen LogP contribution is -1.97. The molecule has 0 amide bonds. The Balaban J connectivity index is 2.59. The van der Waals surface area contributed by atoms with Crippen molar-refractivity contribution in [3.63, 3.8) is 0 Å². The summed E-state index contributed by atoms with van der Waals surface area (Å²) in [5.74, 6) is 0.803. The summed E-state index contributed by atoms with van der Waals surface area (Å²) in [6, 6.07) is 3.95. The zero-order valence-corrected chi connectivity index (χ0v) is 8.25. The van der Waals surface area contributed by atoms with Crippen LogP contribution in [0.4, 0.5) is 0 Å². The van der Waals surface area contributed by atoms with E-state index in [0.29, 0.717) is 5.16 Å². The zero-order chi connectivity index (χ0) is 9.42. The quantitative estimate of drug-likeness (QED) is 0.686. The second-order valence-electron chi connectivity index (χ2n) is 2.87. The lowest BCUT2D eigenvalue weighted by molar-refractivity contribution is 0.790. The second kappa shape index (κ2) is 2.85. The molecule has 2 rings (SSSR count). The summed E-state index contributed by atoms with van der Waals surface area (Å²) in [5.41, 5.74) is 1.02. The zero-order valence-electron chi connectivity index (χ0n) is 7.43. The smallest absolute Gasteiger partial charge is 0.222 e. The van der Waals surface area contributed by atoms with Crippen LogP contribution in [0.25, 0.3) is 11.5 Å². The van der Waals surface area contributed by atoms with Crippen LogP contribution in [0.15, 0.2) is 23.5 Å². The minimum atomic E-state index is 0.510. The SMILES string of the molecule is Cn1cccc1-c1nnc([S])n1C. The normalized spacial score (nSPS) is 10.6. The first-order valence-corrected chi connectivity index (χ1v) is 4.29. The van der Waals surface area contributed by atoms with Crippen molar-refractivity contribution < 1.29 is 0 Å². The molecule has 0 saturated carbocycles. The third-order valence-electron chi connectivity index (χ3n) is 2.01. The molecular formula is C8H9N4S. The lowest BCUT2D eigenvalue weighted by atomic mass is 10.4. The molecule has 0 aliphatic carbocycles. The van der Waals surface area contributed by atoms with E-state index in [2.05, 4.69) is 10.2 Å². The fourth-order valence-electron chi connectivity index (χ4n) is 1.23. The largest absolute Gasteiger partial charge is 0.348 e. The van der Waals surface area contributed by atoms with Crippen LogP contribution in [0, 0.1) is 0 Å². The van der Waals surface area contributed by atoms with Gasteiger partial charge in [0.2, 0.25) is 5.16 Å². The van der Waals surface area contributed by atoms with Gasteiger partial charge in [-0.15, -0.1) is 10.2 Å². The molecule has 5 heteroatoms. The fourth-order valence-corrected chi connectivity index (χ4v) is 1.36.